The largest absolute Gasteiger partial charge is 0.496 e. The number of ether oxygens (including phenoxy) is 1. The molecule has 2 aliphatic rings. The number of ketones is 1. The van der Waals surface area contributed by atoms with Gasteiger partial charge in [0.05, 0.1) is 30.1 Å². The van der Waals surface area contributed by atoms with Crippen molar-refractivity contribution in [2.75, 3.05) is 7.11 Å². The molecule has 2 aliphatic heterocycles. The van der Waals surface area contributed by atoms with Gasteiger partial charge in [0.1, 0.15) is 5.75 Å². The summed E-state index contributed by atoms with van der Waals surface area (Å²) in [6.45, 7) is 2.09. The molecule has 6 rings (SSSR count). The van der Waals surface area contributed by atoms with Crippen molar-refractivity contribution in [2.24, 2.45) is 0 Å². The summed E-state index contributed by atoms with van der Waals surface area (Å²) in [5.74, 6) is 0.371. The number of nitrogens with one attached hydrogen (secondary N) is 1. The molecule has 3 heterocycles. The molecule has 0 amide bonds. The Kier molecular flexibility index (Phi) is 4.63. The van der Waals surface area contributed by atoms with Crippen LogP contribution < -0.4 is 4.74 Å². The van der Waals surface area contributed by atoms with Gasteiger partial charge in [-0.05, 0) is 30.2 Å². The maximum Gasteiger partial charge on any atom is 0.169 e. The molecule has 4 aromatic rings. The summed E-state index contributed by atoms with van der Waals surface area (Å²) in [7, 11) is 1.64. The van der Waals surface area contributed by atoms with Gasteiger partial charge < -0.3 is 14.6 Å². The van der Waals surface area contributed by atoms with Crippen molar-refractivity contribution in [2.45, 2.75) is 31.3 Å². The average Bonchev–Trinajstić information content (AvgIpc) is 3.33. The summed E-state index contributed by atoms with van der Waals surface area (Å²) >= 11 is 6.05. The predicted octanol–water partition coefficient (Wildman–Crippen LogP) is 5.49. The molecule has 3 unspecified atom stereocenters. The lowest BCUT2D eigenvalue weighted by Crippen LogP contribution is -2.43. The third-order valence-corrected chi connectivity index (χ3v) is 7.54. The van der Waals surface area contributed by atoms with Crippen molar-refractivity contribution >= 4 is 33.9 Å². The van der Waals surface area contributed by atoms with Crippen LogP contribution in [-0.2, 0) is 11.2 Å². The number of fused-ring (bicyclic) bond motifs is 4. The van der Waals surface area contributed by atoms with E-state index in [1.165, 1.54) is 16.5 Å². The maximum absolute atomic E-state index is 13.9. The fourth-order valence-corrected chi connectivity index (χ4v) is 6.01. The number of hydrogen-bond donors (Lipinski definition) is 1. The normalized spacial score (nSPS) is 21.9. The van der Waals surface area contributed by atoms with Gasteiger partial charge in [0.25, 0.3) is 0 Å². The van der Waals surface area contributed by atoms with Crippen LogP contribution in [0.4, 0.5) is 0 Å². The maximum atomic E-state index is 13.9. The van der Waals surface area contributed by atoms with Crippen molar-refractivity contribution in [3.05, 3.63) is 101 Å². The zero-order chi connectivity index (χ0) is 22.7. The van der Waals surface area contributed by atoms with E-state index in [-0.39, 0.29) is 17.9 Å². The molecule has 0 aliphatic carbocycles. The summed E-state index contributed by atoms with van der Waals surface area (Å²) < 4.78 is 5.60. The number of thiocarbonyl (C=S) groups is 1. The first kappa shape index (κ1) is 20.2. The number of carbonyl (C=O) groups is 1. The van der Waals surface area contributed by atoms with Crippen LogP contribution in [0.3, 0.4) is 0 Å². The van der Waals surface area contributed by atoms with E-state index in [0.717, 1.165) is 22.3 Å². The van der Waals surface area contributed by atoms with Gasteiger partial charge >= 0.3 is 0 Å². The van der Waals surface area contributed by atoms with E-state index in [1.807, 2.05) is 30.3 Å². The van der Waals surface area contributed by atoms with Crippen molar-refractivity contribution in [1.82, 2.24) is 9.88 Å². The molecule has 1 N–H and O–H groups in total. The number of carbonyl (C=O) groups excluding carboxylic acids is 1. The number of aromatic amines is 1. The lowest BCUT2D eigenvalue weighted by Gasteiger charge is -2.38. The molecule has 1 aromatic heterocycles. The second kappa shape index (κ2) is 7.56. The summed E-state index contributed by atoms with van der Waals surface area (Å²) in [6.07, 6.45) is 0.645. The van der Waals surface area contributed by atoms with E-state index in [4.69, 9.17) is 17.0 Å². The Balaban J connectivity index is 1.55. The minimum atomic E-state index is -0.482. The summed E-state index contributed by atoms with van der Waals surface area (Å²) in [4.78, 5) is 20.4. The summed E-state index contributed by atoms with van der Waals surface area (Å²) in [5.41, 5.74) is 6.63. The minimum absolute atomic E-state index is 0.136. The monoisotopic (exact) mass is 452 g/mol. The van der Waals surface area contributed by atoms with E-state index >= 15 is 0 Å². The molecule has 3 aromatic carbocycles. The van der Waals surface area contributed by atoms with Gasteiger partial charge in [-0.15, -0.1) is 0 Å². The number of H-pyrrole nitrogens is 1. The molecule has 5 heteroatoms. The molecule has 4 nitrogen and oxygen atoms in total. The Hall–Kier alpha value is -3.44. The van der Waals surface area contributed by atoms with E-state index in [1.54, 1.807) is 7.11 Å². The van der Waals surface area contributed by atoms with Gasteiger partial charge in [0.15, 0.2) is 5.78 Å². The van der Waals surface area contributed by atoms with Crippen molar-refractivity contribution < 1.29 is 9.53 Å². The van der Waals surface area contributed by atoms with E-state index < -0.39 is 5.92 Å². The summed E-state index contributed by atoms with van der Waals surface area (Å²) in [6, 6.07) is 24.2. The van der Waals surface area contributed by atoms with Gasteiger partial charge in [-0.2, -0.15) is 0 Å². The highest BCUT2D eigenvalue weighted by molar-refractivity contribution is 7.80. The standard InChI is InChI=1S/C28H24N2O2S/c1-16-11-13-17(14-12-16)26-25-20(18-7-3-5-9-21(18)29-25)15-22-27(31)24(28(33)30(22)26)19-8-4-6-10-23(19)32-2/h3-14,22,24,26,29H,15H2,1-2H3. The van der Waals surface area contributed by atoms with Gasteiger partial charge in [0, 0.05) is 28.6 Å². The molecule has 33 heavy (non-hydrogen) atoms. The van der Waals surface area contributed by atoms with Crippen LogP contribution in [0.1, 0.15) is 39.9 Å². The second-order valence-electron chi connectivity index (χ2n) is 8.92. The highest BCUT2D eigenvalue weighted by Crippen LogP contribution is 2.48. The van der Waals surface area contributed by atoms with Crippen LogP contribution in [0.2, 0.25) is 0 Å². The Labute approximate surface area is 198 Å². The number of nitrogens with zero attached hydrogens (tertiary/aromatic N) is 1. The molecule has 3 atom stereocenters. The third-order valence-electron chi connectivity index (χ3n) is 7.09. The fraction of sp³-hybridized carbons (Fsp3) is 0.214. The molecule has 1 fully saturated rings. The van der Waals surface area contributed by atoms with E-state index in [9.17, 15) is 4.79 Å². The van der Waals surface area contributed by atoms with Gasteiger partial charge in [-0.3, -0.25) is 4.79 Å². The number of para-hydroxylation sites is 2. The molecule has 0 radical (unpaired) electrons. The van der Waals surface area contributed by atoms with Crippen molar-refractivity contribution in [1.29, 1.82) is 0 Å². The second-order valence-corrected chi connectivity index (χ2v) is 9.34. The first-order valence-corrected chi connectivity index (χ1v) is 11.6. The highest BCUT2D eigenvalue weighted by atomic mass is 32.1. The Morgan fingerprint density at radius 2 is 1.73 bits per heavy atom. The van der Waals surface area contributed by atoms with Crippen LogP contribution in [0.25, 0.3) is 10.9 Å². The van der Waals surface area contributed by atoms with Crippen molar-refractivity contribution in [3.63, 3.8) is 0 Å². The predicted molar refractivity (Wildman–Crippen MR) is 134 cm³/mol. The number of hydrogen-bond acceptors (Lipinski definition) is 3. The number of benzene rings is 3. The molecule has 0 bridgehead atoms. The molecular weight excluding hydrogens is 428 g/mol. The van der Waals surface area contributed by atoms with E-state index in [2.05, 4.69) is 59.3 Å². The Morgan fingerprint density at radius 3 is 2.52 bits per heavy atom. The molecule has 0 saturated carbocycles. The first-order valence-electron chi connectivity index (χ1n) is 11.2. The van der Waals surface area contributed by atoms with Crippen molar-refractivity contribution in [3.8, 4) is 5.75 Å². The summed E-state index contributed by atoms with van der Waals surface area (Å²) in [5, 5.41) is 1.18. The van der Waals surface area contributed by atoms with Crippen LogP contribution in [0.15, 0.2) is 72.8 Å². The number of methoxy groups -OCH3 is 1. The smallest absolute Gasteiger partial charge is 0.169 e. The zero-order valence-electron chi connectivity index (χ0n) is 18.5. The van der Waals surface area contributed by atoms with E-state index in [0.29, 0.717) is 17.2 Å². The highest BCUT2D eigenvalue weighted by Gasteiger charge is 2.52. The van der Waals surface area contributed by atoms with Crippen LogP contribution in [-0.4, -0.2) is 33.8 Å². The van der Waals surface area contributed by atoms with Gasteiger partial charge in [-0.1, -0.05) is 78.4 Å². The lowest BCUT2D eigenvalue weighted by atomic mass is 9.87. The number of Topliss-reactive ketones (excluding diaryl/α,β-unsaturated/α-hetero) is 1. The van der Waals surface area contributed by atoms with Gasteiger partial charge in [0.2, 0.25) is 0 Å². The molecular formula is C28H24N2O2S. The average molecular weight is 453 g/mol. The number of aromatic nitrogens is 1. The third kappa shape index (κ3) is 2.96. The van der Waals surface area contributed by atoms with Crippen LogP contribution in [0.5, 0.6) is 5.75 Å². The Bertz CT molecular complexity index is 1410. The van der Waals surface area contributed by atoms with Crippen LogP contribution >= 0.6 is 12.2 Å². The topological polar surface area (TPSA) is 45.3 Å². The fourth-order valence-electron chi connectivity index (χ4n) is 5.53. The number of aryl methyl sites for hydroxylation is 1. The van der Waals surface area contributed by atoms with Crippen LogP contribution in [0, 0.1) is 6.92 Å². The Morgan fingerprint density at radius 1 is 1.00 bits per heavy atom. The first-order chi connectivity index (χ1) is 16.1. The quantitative estimate of drug-likeness (QED) is 0.417. The molecule has 1 saturated heterocycles. The zero-order valence-corrected chi connectivity index (χ0v) is 19.4. The molecule has 164 valence electrons. The van der Waals surface area contributed by atoms with Gasteiger partial charge in [-0.25, -0.2) is 0 Å². The number of rotatable bonds is 3. The lowest BCUT2D eigenvalue weighted by molar-refractivity contribution is -0.121. The minimum Gasteiger partial charge on any atom is -0.496 e. The SMILES string of the molecule is COc1ccccc1C1C(=O)C2Cc3c([nH]c4ccccc34)C(c3ccc(C)cc3)N2C1=S. The molecule has 0 spiro atoms.